The van der Waals surface area contributed by atoms with Crippen molar-refractivity contribution >= 4 is 40.2 Å². The van der Waals surface area contributed by atoms with Gasteiger partial charge in [-0.2, -0.15) is 0 Å². The number of hydrogen-bond acceptors (Lipinski definition) is 9. The largest absolute Gasteiger partial charge is 0.493 e. The molecule has 0 radical (unpaired) electrons. The number of halogens is 2. The van der Waals surface area contributed by atoms with Crippen molar-refractivity contribution in [2.45, 2.75) is 25.8 Å². The van der Waals surface area contributed by atoms with Crippen LogP contribution in [0.15, 0.2) is 60.9 Å². The van der Waals surface area contributed by atoms with E-state index in [0.29, 0.717) is 49.1 Å². The molecule has 4 aromatic rings. The van der Waals surface area contributed by atoms with Gasteiger partial charge in [0.05, 0.1) is 18.0 Å². The highest BCUT2D eigenvalue weighted by Gasteiger charge is 2.56. The third kappa shape index (κ3) is 6.24. The summed E-state index contributed by atoms with van der Waals surface area (Å²) in [6, 6.07) is 12.0. The molecular formula is C32H30F2N6O6. The minimum Gasteiger partial charge on any atom is -0.493 e. The highest BCUT2D eigenvalue weighted by molar-refractivity contribution is 6.16. The van der Waals surface area contributed by atoms with Crippen LogP contribution in [0.2, 0.25) is 0 Å². The van der Waals surface area contributed by atoms with E-state index in [-0.39, 0.29) is 34.9 Å². The fourth-order valence-corrected chi connectivity index (χ4v) is 5.11. The van der Waals surface area contributed by atoms with Gasteiger partial charge in [0.2, 0.25) is 17.7 Å². The number of amides is 3. The molecule has 2 heterocycles. The van der Waals surface area contributed by atoms with E-state index in [1.165, 1.54) is 62.0 Å². The molecule has 2 aliphatic rings. The van der Waals surface area contributed by atoms with Crippen LogP contribution in [0.25, 0.3) is 10.9 Å². The average molecular weight is 633 g/mol. The Kier molecular flexibility index (Phi) is 8.37. The van der Waals surface area contributed by atoms with Crippen molar-refractivity contribution in [3.63, 3.8) is 0 Å². The van der Waals surface area contributed by atoms with Gasteiger partial charge in [-0.05, 0) is 62.2 Å². The number of ether oxygens (including phenoxy) is 3. The van der Waals surface area contributed by atoms with E-state index in [1.54, 1.807) is 4.90 Å². The number of nitrogens with one attached hydrogen (secondary N) is 3. The molecule has 1 atom stereocenters. The molecule has 14 heteroatoms. The van der Waals surface area contributed by atoms with Crippen molar-refractivity contribution in [3.05, 3.63) is 72.6 Å². The number of anilines is 2. The molecule has 1 aliphatic carbocycles. The van der Waals surface area contributed by atoms with Gasteiger partial charge >= 0.3 is 6.09 Å². The highest BCUT2D eigenvalue weighted by atomic mass is 19.1. The minimum absolute atomic E-state index is 0.0157. The lowest BCUT2D eigenvalue weighted by Crippen LogP contribution is -2.53. The first-order valence-corrected chi connectivity index (χ1v) is 14.5. The standard InChI is InChI=1S/C32H30F2N6O6/c1-18-16-35-11-12-40(18)31(43)46-27-15-24-22(14-26(27)44-2)28(37-17-36-24)45-25-8-7-21(13-23(25)34)39-30(42)32(9-10-32)29(41)38-20-5-3-19(33)4-6-20/h3-8,13-15,17-18,35H,9-12,16H2,1-2H3,(H,38,41)(H,39,42)/t18-/m1/s1. The molecule has 0 spiro atoms. The number of piperazine rings is 1. The molecule has 12 nitrogen and oxygen atoms in total. The third-order valence-corrected chi connectivity index (χ3v) is 7.94. The van der Waals surface area contributed by atoms with Crippen molar-refractivity contribution < 1.29 is 37.4 Å². The van der Waals surface area contributed by atoms with Crippen LogP contribution in [0.3, 0.4) is 0 Å². The number of aromatic nitrogens is 2. The topological polar surface area (TPSA) is 144 Å². The van der Waals surface area contributed by atoms with E-state index in [9.17, 15) is 18.8 Å². The summed E-state index contributed by atoms with van der Waals surface area (Å²) in [5, 5.41) is 8.82. The maximum Gasteiger partial charge on any atom is 0.415 e. The first-order chi connectivity index (χ1) is 22.2. The Labute approximate surface area is 262 Å². The lowest BCUT2D eigenvalue weighted by atomic mass is 10.0. The molecule has 1 saturated carbocycles. The van der Waals surface area contributed by atoms with Crippen LogP contribution in [-0.2, 0) is 9.59 Å². The van der Waals surface area contributed by atoms with Gasteiger partial charge in [0, 0.05) is 49.2 Å². The Balaban J connectivity index is 1.16. The normalized spacial score (nSPS) is 16.8. The molecule has 1 aromatic heterocycles. The molecule has 1 saturated heterocycles. The summed E-state index contributed by atoms with van der Waals surface area (Å²) < 4.78 is 45.3. The Bertz CT molecular complexity index is 1820. The van der Waals surface area contributed by atoms with Gasteiger partial charge in [0.1, 0.15) is 17.6 Å². The lowest BCUT2D eigenvalue weighted by molar-refractivity contribution is -0.131. The van der Waals surface area contributed by atoms with Gasteiger partial charge in [-0.1, -0.05) is 0 Å². The van der Waals surface area contributed by atoms with Crippen LogP contribution in [-0.4, -0.2) is 65.6 Å². The van der Waals surface area contributed by atoms with Crippen LogP contribution < -0.4 is 30.2 Å². The third-order valence-electron chi connectivity index (χ3n) is 7.94. The van der Waals surface area contributed by atoms with Crippen LogP contribution in [0.5, 0.6) is 23.1 Å². The molecular weight excluding hydrogens is 602 g/mol. The maximum atomic E-state index is 15.2. The van der Waals surface area contributed by atoms with Crippen molar-refractivity contribution in [2.75, 3.05) is 37.4 Å². The highest BCUT2D eigenvalue weighted by Crippen LogP contribution is 2.47. The summed E-state index contributed by atoms with van der Waals surface area (Å²) in [4.78, 5) is 48.7. The van der Waals surface area contributed by atoms with Crippen molar-refractivity contribution in [1.29, 1.82) is 0 Å². The fourth-order valence-electron chi connectivity index (χ4n) is 5.11. The molecule has 2 fully saturated rings. The van der Waals surface area contributed by atoms with E-state index in [1.807, 2.05) is 6.92 Å². The molecule has 0 unspecified atom stereocenters. The monoisotopic (exact) mass is 632 g/mol. The number of carbonyl (C=O) groups excluding carboxylic acids is 3. The van der Waals surface area contributed by atoms with E-state index in [0.717, 1.165) is 6.07 Å². The Morgan fingerprint density at radius 1 is 0.935 bits per heavy atom. The minimum atomic E-state index is -1.31. The zero-order chi connectivity index (χ0) is 32.4. The first-order valence-electron chi connectivity index (χ1n) is 14.5. The van der Waals surface area contributed by atoms with Crippen LogP contribution in [0.1, 0.15) is 19.8 Å². The molecule has 3 N–H and O–H groups in total. The summed E-state index contributed by atoms with van der Waals surface area (Å²) in [6.45, 7) is 3.72. The van der Waals surface area contributed by atoms with Crippen molar-refractivity contribution in [3.8, 4) is 23.1 Å². The zero-order valence-corrected chi connectivity index (χ0v) is 24.9. The van der Waals surface area contributed by atoms with Crippen molar-refractivity contribution in [1.82, 2.24) is 20.2 Å². The van der Waals surface area contributed by atoms with Crippen molar-refractivity contribution in [2.24, 2.45) is 5.41 Å². The predicted octanol–water partition coefficient (Wildman–Crippen LogP) is 4.86. The van der Waals surface area contributed by atoms with Gasteiger partial charge < -0.3 is 35.1 Å². The van der Waals surface area contributed by atoms with Gasteiger partial charge in [0.25, 0.3) is 0 Å². The van der Waals surface area contributed by atoms with Gasteiger partial charge in [0.15, 0.2) is 23.1 Å². The Hall–Kier alpha value is -5.37. The molecule has 238 valence electrons. The molecule has 3 aromatic carbocycles. The van der Waals surface area contributed by atoms with E-state index in [4.69, 9.17) is 14.2 Å². The summed E-state index contributed by atoms with van der Waals surface area (Å²) >= 11 is 0. The van der Waals surface area contributed by atoms with E-state index < -0.39 is 35.0 Å². The van der Waals surface area contributed by atoms with Gasteiger partial charge in [-0.25, -0.2) is 23.5 Å². The molecule has 6 rings (SSSR count). The zero-order valence-electron chi connectivity index (χ0n) is 24.9. The average Bonchev–Trinajstić information content (AvgIpc) is 3.86. The number of benzene rings is 3. The number of hydrogen-bond donors (Lipinski definition) is 3. The summed E-state index contributed by atoms with van der Waals surface area (Å²) in [7, 11) is 1.42. The van der Waals surface area contributed by atoms with Gasteiger partial charge in [-0.15, -0.1) is 0 Å². The van der Waals surface area contributed by atoms with E-state index >= 15 is 4.39 Å². The van der Waals surface area contributed by atoms with Crippen LogP contribution in [0.4, 0.5) is 25.0 Å². The number of carbonyl (C=O) groups is 3. The molecule has 0 bridgehead atoms. The lowest BCUT2D eigenvalue weighted by Gasteiger charge is -2.33. The number of methoxy groups -OCH3 is 1. The summed E-state index contributed by atoms with van der Waals surface area (Å²) in [5.41, 5.74) is -0.472. The Morgan fingerprint density at radius 3 is 2.33 bits per heavy atom. The van der Waals surface area contributed by atoms with E-state index in [2.05, 4.69) is 25.9 Å². The van der Waals surface area contributed by atoms with Gasteiger partial charge in [-0.3, -0.25) is 9.59 Å². The second-order valence-electron chi connectivity index (χ2n) is 11.1. The smallest absolute Gasteiger partial charge is 0.415 e. The maximum absolute atomic E-state index is 15.2. The number of fused-ring (bicyclic) bond motifs is 1. The van der Waals surface area contributed by atoms with Crippen LogP contribution >= 0.6 is 0 Å². The molecule has 46 heavy (non-hydrogen) atoms. The number of nitrogens with zero attached hydrogens (tertiary/aromatic N) is 3. The quantitative estimate of drug-likeness (QED) is 0.232. The van der Waals surface area contributed by atoms with Crippen LogP contribution in [0, 0.1) is 17.0 Å². The Morgan fingerprint density at radius 2 is 1.65 bits per heavy atom. The predicted molar refractivity (Wildman–Crippen MR) is 163 cm³/mol. The number of rotatable bonds is 8. The summed E-state index contributed by atoms with van der Waals surface area (Å²) in [6.07, 6.45) is 1.34. The second kappa shape index (κ2) is 12.6. The fraction of sp³-hybridized carbons (Fsp3) is 0.281. The first kappa shape index (κ1) is 30.6. The molecule has 3 amide bonds. The second-order valence-corrected chi connectivity index (χ2v) is 11.1. The summed E-state index contributed by atoms with van der Waals surface area (Å²) in [5.74, 6) is -2.16. The molecule has 1 aliphatic heterocycles. The SMILES string of the molecule is COc1cc2c(Oc3ccc(NC(=O)C4(C(=O)Nc5ccc(F)cc5)CC4)cc3F)ncnc2cc1OC(=O)N1CCNC[C@H]1C.